The lowest BCUT2D eigenvalue weighted by Crippen LogP contribution is -2.54. The fourth-order valence-corrected chi connectivity index (χ4v) is 3.30. The Balaban J connectivity index is 2.38. The summed E-state index contributed by atoms with van der Waals surface area (Å²) in [7, 11) is 1.70. The maximum Gasteiger partial charge on any atom is 0.119 e. The normalized spacial score (nSPS) is 22.2. The minimum absolute atomic E-state index is 0.0655. The van der Waals surface area contributed by atoms with Gasteiger partial charge < -0.3 is 10.5 Å². The van der Waals surface area contributed by atoms with Gasteiger partial charge in [0.05, 0.1) is 18.7 Å². The summed E-state index contributed by atoms with van der Waals surface area (Å²) in [5, 5.41) is 3.66. The summed E-state index contributed by atoms with van der Waals surface area (Å²) in [4.78, 5) is 0. The Hall–Kier alpha value is -1.50. The largest absolute Gasteiger partial charge is 0.497 e. The Morgan fingerprint density at radius 1 is 1.52 bits per heavy atom. The summed E-state index contributed by atoms with van der Waals surface area (Å²) in [5.74, 6) is 3.75. The number of nitrogens with one attached hydrogen (secondary N) is 1. The Bertz CT molecular complexity index is 520. The van der Waals surface area contributed by atoms with Crippen molar-refractivity contribution in [1.82, 2.24) is 5.32 Å². The smallest absolute Gasteiger partial charge is 0.119 e. The molecular formula is C18H26N2O. The molecule has 2 rings (SSSR count). The standard InChI is InChI=1S/C18H26N2O/c1-4-7-15(5-2)20-18(13-19)11-6-8-14-9-10-16(21-3)12-17(14)18/h2,9-10,12,15,20H,4,6-8,11,13,19H2,1,3H3. The van der Waals surface area contributed by atoms with Crippen LogP contribution in [0, 0.1) is 12.3 Å². The molecule has 0 saturated heterocycles. The molecule has 21 heavy (non-hydrogen) atoms. The van der Waals surface area contributed by atoms with Crippen LogP contribution in [-0.2, 0) is 12.0 Å². The van der Waals surface area contributed by atoms with E-state index in [1.807, 2.05) is 6.07 Å². The average Bonchev–Trinajstić information content (AvgIpc) is 2.54. The van der Waals surface area contributed by atoms with Gasteiger partial charge in [0, 0.05) is 6.54 Å². The summed E-state index contributed by atoms with van der Waals surface area (Å²) in [6.07, 6.45) is 11.0. The third-order valence-corrected chi connectivity index (χ3v) is 4.46. The summed E-state index contributed by atoms with van der Waals surface area (Å²) < 4.78 is 5.39. The molecular weight excluding hydrogens is 260 g/mol. The predicted molar refractivity (Wildman–Crippen MR) is 87.3 cm³/mol. The van der Waals surface area contributed by atoms with Crippen molar-refractivity contribution in [2.24, 2.45) is 5.73 Å². The van der Waals surface area contributed by atoms with Crippen molar-refractivity contribution in [3.05, 3.63) is 29.3 Å². The first-order valence-corrected chi connectivity index (χ1v) is 7.80. The topological polar surface area (TPSA) is 47.3 Å². The number of hydrogen-bond acceptors (Lipinski definition) is 3. The fraction of sp³-hybridized carbons (Fsp3) is 0.556. The fourth-order valence-electron chi connectivity index (χ4n) is 3.30. The number of hydrogen-bond donors (Lipinski definition) is 2. The molecule has 3 nitrogen and oxygen atoms in total. The molecule has 0 heterocycles. The van der Waals surface area contributed by atoms with Crippen molar-refractivity contribution in [3.63, 3.8) is 0 Å². The lowest BCUT2D eigenvalue weighted by molar-refractivity contribution is 0.270. The van der Waals surface area contributed by atoms with Crippen LogP contribution in [0.3, 0.4) is 0 Å². The summed E-state index contributed by atoms with van der Waals surface area (Å²) in [6, 6.07) is 6.37. The molecule has 3 N–H and O–H groups in total. The second kappa shape index (κ2) is 6.98. The first kappa shape index (κ1) is 15.9. The number of aryl methyl sites for hydroxylation is 1. The number of methoxy groups -OCH3 is 1. The van der Waals surface area contributed by atoms with Gasteiger partial charge in [0.2, 0.25) is 0 Å². The number of ether oxygens (including phenoxy) is 1. The highest BCUT2D eigenvalue weighted by Crippen LogP contribution is 2.37. The molecule has 1 aromatic carbocycles. The van der Waals surface area contributed by atoms with E-state index in [0.29, 0.717) is 6.54 Å². The molecule has 0 saturated carbocycles. The highest BCUT2D eigenvalue weighted by Gasteiger charge is 2.36. The highest BCUT2D eigenvalue weighted by molar-refractivity contribution is 5.42. The van der Waals surface area contributed by atoms with Gasteiger partial charge in [-0.25, -0.2) is 0 Å². The molecule has 0 spiro atoms. The van der Waals surface area contributed by atoms with Gasteiger partial charge in [0.1, 0.15) is 5.75 Å². The first-order chi connectivity index (χ1) is 10.2. The second-order valence-electron chi connectivity index (χ2n) is 5.82. The number of rotatable bonds is 6. The molecule has 1 aliphatic rings. The third kappa shape index (κ3) is 3.23. The average molecular weight is 286 g/mol. The molecule has 1 aliphatic carbocycles. The maximum absolute atomic E-state index is 6.17. The van der Waals surface area contributed by atoms with Gasteiger partial charge in [0.25, 0.3) is 0 Å². The Labute approximate surface area is 128 Å². The van der Waals surface area contributed by atoms with E-state index in [2.05, 4.69) is 30.3 Å². The van der Waals surface area contributed by atoms with Crippen LogP contribution >= 0.6 is 0 Å². The Kier molecular flexibility index (Phi) is 5.27. The van der Waals surface area contributed by atoms with Crippen LogP contribution in [0.1, 0.15) is 43.7 Å². The molecule has 114 valence electrons. The summed E-state index contributed by atoms with van der Waals surface area (Å²) >= 11 is 0. The van der Waals surface area contributed by atoms with Crippen LogP contribution in [0.2, 0.25) is 0 Å². The van der Waals surface area contributed by atoms with Crippen molar-refractivity contribution in [1.29, 1.82) is 0 Å². The van der Waals surface area contributed by atoms with Gasteiger partial charge in [-0.05, 0) is 48.9 Å². The van der Waals surface area contributed by atoms with E-state index in [-0.39, 0.29) is 11.6 Å². The van der Waals surface area contributed by atoms with E-state index in [1.165, 1.54) is 11.1 Å². The molecule has 0 radical (unpaired) electrons. The zero-order valence-electron chi connectivity index (χ0n) is 13.1. The molecule has 0 amide bonds. The van der Waals surface area contributed by atoms with Crippen molar-refractivity contribution < 1.29 is 4.74 Å². The molecule has 0 bridgehead atoms. The zero-order chi connectivity index (χ0) is 15.3. The van der Waals surface area contributed by atoms with Crippen LogP contribution in [0.4, 0.5) is 0 Å². The monoisotopic (exact) mass is 286 g/mol. The zero-order valence-corrected chi connectivity index (χ0v) is 13.1. The number of terminal acetylenes is 1. The van der Waals surface area contributed by atoms with Crippen molar-refractivity contribution in [3.8, 4) is 18.1 Å². The molecule has 0 aromatic heterocycles. The van der Waals surface area contributed by atoms with Gasteiger partial charge in [0.15, 0.2) is 0 Å². The molecule has 0 aliphatic heterocycles. The van der Waals surface area contributed by atoms with Crippen molar-refractivity contribution in [2.45, 2.75) is 50.6 Å². The van der Waals surface area contributed by atoms with Crippen LogP contribution in [0.15, 0.2) is 18.2 Å². The number of benzene rings is 1. The van der Waals surface area contributed by atoms with E-state index in [4.69, 9.17) is 16.9 Å². The molecule has 0 fully saturated rings. The molecule has 3 heteroatoms. The quantitative estimate of drug-likeness (QED) is 0.790. The van der Waals surface area contributed by atoms with E-state index >= 15 is 0 Å². The second-order valence-corrected chi connectivity index (χ2v) is 5.82. The Morgan fingerprint density at radius 2 is 2.33 bits per heavy atom. The lowest BCUT2D eigenvalue weighted by atomic mass is 9.75. The Morgan fingerprint density at radius 3 is 2.95 bits per heavy atom. The molecule has 2 unspecified atom stereocenters. The summed E-state index contributed by atoms with van der Waals surface area (Å²) in [6.45, 7) is 2.70. The van der Waals surface area contributed by atoms with Gasteiger partial charge in [-0.3, -0.25) is 5.32 Å². The minimum atomic E-state index is -0.228. The van der Waals surface area contributed by atoms with E-state index in [1.54, 1.807) is 7.11 Å². The lowest BCUT2D eigenvalue weighted by Gasteiger charge is -2.41. The minimum Gasteiger partial charge on any atom is -0.497 e. The van der Waals surface area contributed by atoms with Crippen molar-refractivity contribution in [2.75, 3.05) is 13.7 Å². The number of nitrogens with two attached hydrogens (primary N) is 1. The predicted octanol–water partition coefficient (Wildman–Crippen LogP) is 2.58. The van der Waals surface area contributed by atoms with Crippen LogP contribution in [0.5, 0.6) is 5.75 Å². The molecule has 1 aromatic rings. The third-order valence-electron chi connectivity index (χ3n) is 4.46. The summed E-state index contributed by atoms with van der Waals surface area (Å²) in [5.41, 5.74) is 8.55. The van der Waals surface area contributed by atoms with Crippen molar-refractivity contribution >= 4 is 0 Å². The van der Waals surface area contributed by atoms with Gasteiger partial charge in [-0.2, -0.15) is 0 Å². The van der Waals surface area contributed by atoms with Crippen LogP contribution < -0.4 is 15.8 Å². The van der Waals surface area contributed by atoms with Crippen LogP contribution in [0.25, 0.3) is 0 Å². The van der Waals surface area contributed by atoms with Gasteiger partial charge >= 0.3 is 0 Å². The van der Waals surface area contributed by atoms with Gasteiger partial charge in [-0.1, -0.05) is 25.3 Å². The van der Waals surface area contributed by atoms with E-state index in [0.717, 1.165) is 37.9 Å². The first-order valence-electron chi connectivity index (χ1n) is 7.80. The highest BCUT2D eigenvalue weighted by atomic mass is 16.5. The van der Waals surface area contributed by atoms with Gasteiger partial charge in [-0.15, -0.1) is 6.42 Å². The number of fused-ring (bicyclic) bond motifs is 1. The maximum atomic E-state index is 6.17. The van der Waals surface area contributed by atoms with E-state index in [9.17, 15) is 0 Å². The van der Waals surface area contributed by atoms with E-state index < -0.39 is 0 Å². The molecule has 2 atom stereocenters. The SMILES string of the molecule is C#CC(CCC)NC1(CN)CCCc2ccc(OC)cc21. The van der Waals surface area contributed by atoms with Crippen LogP contribution in [-0.4, -0.2) is 19.7 Å².